The molecule has 4 aromatic rings. The summed E-state index contributed by atoms with van der Waals surface area (Å²) < 4.78 is 13.4. The molecule has 2 aromatic carbocycles. The van der Waals surface area contributed by atoms with Crippen molar-refractivity contribution in [1.29, 1.82) is 5.26 Å². The van der Waals surface area contributed by atoms with Gasteiger partial charge in [-0.2, -0.15) is 5.26 Å². The van der Waals surface area contributed by atoms with Crippen LogP contribution in [-0.2, 0) is 14.1 Å². The lowest BCUT2D eigenvalue weighted by molar-refractivity contribution is -0.176. The first-order valence-electron chi connectivity index (χ1n) is 13.9. The number of carbonyl (C=O) groups excluding carboxylic acids is 1. The normalized spacial score (nSPS) is 23.4. The van der Waals surface area contributed by atoms with Gasteiger partial charge in [0.2, 0.25) is 5.60 Å². The molecule has 3 atom stereocenters. The van der Waals surface area contributed by atoms with Crippen LogP contribution in [0.2, 0.25) is 5.15 Å². The fraction of sp³-hybridized carbons (Fsp3) is 0.367. The molecule has 12 heteroatoms. The summed E-state index contributed by atoms with van der Waals surface area (Å²) in [6.07, 6.45) is 3.77. The first kappa shape index (κ1) is 28.4. The Hall–Kier alpha value is -3.69. The van der Waals surface area contributed by atoms with Gasteiger partial charge in [-0.3, -0.25) is 9.89 Å². The Morgan fingerprint density at radius 2 is 2.07 bits per heavy atom. The molecule has 1 spiro atoms. The van der Waals surface area contributed by atoms with Crippen molar-refractivity contribution >= 4 is 40.9 Å². The highest BCUT2D eigenvalue weighted by atomic mass is 35.5. The van der Waals surface area contributed by atoms with E-state index in [2.05, 4.69) is 28.0 Å². The van der Waals surface area contributed by atoms with E-state index in [1.807, 2.05) is 63.2 Å². The van der Waals surface area contributed by atoms with E-state index in [1.165, 1.54) is 0 Å². The largest absolute Gasteiger partial charge is 0.475 e. The van der Waals surface area contributed by atoms with Crippen LogP contribution in [0.3, 0.4) is 0 Å². The number of aryl methyl sites for hydroxylation is 2. The van der Waals surface area contributed by atoms with Gasteiger partial charge in [0.1, 0.15) is 28.4 Å². The lowest BCUT2D eigenvalue weighted by Crippen LogP contribution is -2.84. The molecule has 1 aliphatic carbocycles. The zero-order valence-electron chi connectivity index (χ0n) is 23.5. The quantitative estimate of drug-likeness (QED) is 0.0644. The van der Waals surface area contributed by atoms with Crippen LogP contribution in [0.1, 0.15) is 67.5 Å². The van der Waals surface area contributed by atoms with E-state index < -0.39 is 11.1 Å². The van der Waals surface area contributed by atoms with Gasteiger partial charge in [0, 0.05) is 5.92 Å². The second-order valence-electron chi connectivity index (χ2n) is 11.0. The van der Waals surface area contributed by atoms with Crippen molar-refractivity contribution in [2.45, 2.75) is 74.8 Å². The molecule has 218 valence electrons. The zero-order chi connectivity index (χ0) is 29.5. The standard InChI is InChI=1S/C30H31ClN6O4S/c1-4-30(39-23-13-12-18(2)15-19(23)3)28(38)34-29(30)14-8-9-20(16-29)26-33-27-22(17-32)24(25(31)37(27)35-26)42-41-40-36-21-10-6-5-7-11-21/h5-7,10-13,15,20,36H,4,8-9,14,16H2,1-3H3,(H,33,35)(H,34,38). The number of H-pyrrole nitrogens is 1. The Balaban J connectivity index is 1.22. The molecule has 1 saturated heterocycles. The van der Waals surface area contributed by atoms with Gasteiger partial charge in [-0.15, -0.1) is 9.32 Å². The van der Waals surface area contributed by atoms with Gasteiger partial charge in [-0.25, -0.2) is 15.0 Å². The number of ether oxygens (including phenoxy) is 1. The molecule has 0 radical (unpaired) electrons. The third-order valence-electron chi connectivity index (χ3n) is 8.44. The van der Waals surface area contributed by atoms with Crippen LogP contribution in [-0.4, -0.2) is 31.6 Å². The summed E-state index contributed by atoms with van der Waals surface area (Å²) in [6, 6.07) is 17.5. The molecule has 1 amide bonds. The summed E-state index contributed by atoms with van der Waals surface area (Å²) in [6.45, 7) is 6.05. The zero-order valence-corrected chi connectivity index (χ0v) is 25.1. The Kier molecular flexibility index (Phi) is 7.57. The Bertz CT molecular complexity index is 1680. The monoisotopic (exact) mass is 606 g/mol. The molecular formula is C30H31ClN6O4S. The summed E-state index contributed by atoms with van der Waals surface area (Å²) >= 11 is 7.50. The van der Waals surface area contributed by atoms with Gasteiger partial charge >= 0.3 is 0 Å². The second kappa shape index (κ2) is 11.2. The average molecular weight is 607 g/mol. The maximum absolute atomic E-state index is 13.2. The van der Waals surface area contributed by atoms with Crippen molar-refractivity contribution in [3.8, 4) is 11.8 Å². The molecule has 10 nitrogen and oxygen atoms in total. The number of halogens is 1. The van der Waals surface area contributed by atoms with Gasteiger partial charge in [-0.1, -0.05) is 60.8 Å². The van der Waals surface area contributed by atoms with Crippen LogP contribution < -0.4 is 15.5 Å². The number of nitrogens with zero attached hydrogens (tertiary/aromatic N) is 3. The fourth-order valence-electron chi connectivity index (χ4n) is 6.33. The third-order valence-corrected chi connectivity index (χ3v) is 9.61. The van der Waals surface area contributed by atoms with Crippen LogP contribution in [0, 0.1) is 25.2 Å². The van der Waals surface area contributed by atoms with Gasteiger partial charge in [0.15, 0.2) is 5.65 Å². The summed E-state index contributed by atoms with van der Waals surface area (Å²) in [7, 11) is 0. The van der Waals surface area contributed by atoms with E-state index in [9.17, 15) is 10.1 Å². The molecular weight excluding hydrogens is 576 g/mol. The molecule has 6 rings (SSSR count). The number of aromatic amines is 1. The van der Waals surface area contributed by atoms with E-state index in [1.54, 1.807) is 4.52 Å². The molecule has 1 saturated carbocycles. The van der Waals surface area contributed by atoms with Crippen LogP contribution in [0.4, 0.5) is 5.69 Å². The lowest BCUT2D eigenvalue weighted by Gasteiger charge is -2.60. The first-order chi connectivity index (χ1) is 20.3. The van der Waals surface area contributed by atoms with Crippen molar-refractivity contribution < 1.29 is 18.9 Å². The van der Waals surface area contributed by atoms with Gasteiger partial charge in [0.05, 0.1) is 28.2 Å². The Labute approximate surface area is 252 Å². The highest BCUT2D eigenvalue weighted by Crippen LogP contribution is 2.51. The van der Waals surface area contributed by atoms with Gasteiger partial charge in [-0.05, 0) is 63.3 Å². The van der Waals surface area contributed by atoms with Crippen LogP contribution in [0.5, 0.6) is 5.75 Å². The summed E-state index contributed by atoms with van der Waals surface area (Å²) in [5, 5.41) is 16.7. The number of amides is 1. The minimum atomic E-state index is -0.968. The van der Waals surface area contributed by atoms with E-state index in [-0.39, 0.29) is 22.5 Å². The van der Waals surface area contributed by atoms with Crippen molar-refractivity contribution in [2.24, 2.45) is 0 Å². The number of fused-ring (bicyclic) bond motifs is 1. The van der Waals surface area contributed by atoms with Gasteiger partial charge < -0.3 is 10.1 Å². The van der Waals surface area contributed by atoms with Crippen LogP contribution >= 0.6 is 23.6 Å². The number of aromatic nitrogens is 3. The molecule has 0 bridgehead atoms. The Morgan fingerprint density at radius 1 is 1.26 bits per heavy atom. The van der Waals surface area contributed by atoms with Crippen molar-refractivity contribution in [3.63, 3.8) is 0 Å². The van der Waals surface area contributed by atoms with Crippen molar-refractivity contribution in [3.05, 3.63) is 76.2 Å². The van der Waals surface area contributed by atoms with Crippen LogP contribution in [0.25, 0.3) is 5.65 Å². The molecule has 42 heavy (non-hydrogen) atoms. The van der Waals surface area contributed by atoms with E-state index >= 15 is 0 Å². The lowest BCUT2D eigenvalue weighted by atomic mass is 9.59. The number of hydrogen-bond acceptors (Lipinski definition) is 8. The SMILES string of the molecule is CCC1(Oc2ccc(C)cc2C)C(=O)NC12CCCC(c1nc3c(C#N)c(SOONc4ccccc4)c(Cl)n3[nH]1)C2. The maximum Gasteiger partial charge on any atom is 0.267 e. The number of carbonyl (C=O) groups is 1. The predicted molar refractivity (Wildman–Crippen MR) is 159 cm³/mol. The number of benzene rings is 2. The molecule has 1 aliphatic heterocycles. The summed E-state index contributed by atoms with van der Waals surface area (Å²) in [4.78, 5) is 23.5. The smallest absolute Gasteiger partial charge is 0.267 e. The molecule has 3 heterocycles. The second-order valence-corrected chi connectivity index (χ2v) is 12.0. The van der Waals surface area contributed by atoms with E-state index in [0.29, 0.717) is 34.9 Å². The van der Waals surface area contributed by atoms with Crippen molar-refractivity contribution in [1.82, 2.24) is 19.9 Å². The Morgan fingerprint density at radius 3 is 2.79 bits per heavy atom. The number of hydrogen-bond donors (Lipinski definition) is 3. The summed E-state index contributed by atoms with van der Waals surface area (Å²) in [5.41, 5.74) is 4.71. The van der Waals surface area contributed by atoms with Crippen molar-refractivity contribution in [2.75, 3.05) is 5.48 Å². The highest BCUT2D eigenvalue weighted by molar-refractivity contribution is 7.94. The fourth-order valence-corrected chi connectivity index (χ4v) is 7.16. The third kappa shape index (κ3) is 4.68. The predicted octanol–water partition coefficient (Wildman–Crippen LogP) is 6.54. The highest BCUT2D eigenvalue weighted by Gasteiger charge is 2.68. The minimum absolute atomic E-state index is 0.00116. The molecule has 2 aromatic heterocycles. The molecule has 2 fully saturated rings. The number of rotatable bonds is 9. The van der Waals surface area contributed by atoms with E-state index in [0.717, 1.165) is 48.2 Å². The minimum Gasteiger partial charge on any atom is -0.475 e. The summed E-state index contributed by atoms with van der Waals surface area (Å²) in [5.74, 6) is 1.35. The number of para-hydroxylation sites is 1. The first-order valence-corrected chi connectivity index (χ1v) is 15.0. The number of nitrogens with one attached hydrogen (secondary N) is 3. The van der Waals surface area contributed by atoms with E-state index in [4.69, 9.17) is 30.6 Å². The van der Waals surface area contributed by atoms with Crippen LogP contribution in [0.15, 0.2) is 53.4 Å². The van der Waals surface area contributed by atoms with Gasteiger partial charge in [0.25, 0.3) is 5.91 Å². The number of nitriles is 1. The molecule has 3 N–H and O–H groups in total. The average Bonchev–Trinajstić information content (AvgIpc) is 3.53. The number of anilines is 1. The number of β-lactam (4-membered cyclic amide) rings is 1. The topological polar surface area (TPSA) is 126 Å². The molecule has 2 aliphatic rings. The molecule has 3 unspecified atom stereocenters. The maximum atomic E-state index is 13.2.